The lowest BCUT2D eigenvalue weighted by atomic mass is 9.91. The zero-order valence-electron chi connectivity index (χ0n) is 14.1. The van der Waals surface area contributed by atoms with Gasteiger partial charge in [0.05, 0.1) is 12.2 Å². The SMILES string of the molecule is CC(C)(C)CCOCC(C)(C)OCC(=O)C(C)(C)C. The lowest BCUT2D eigenvalue weighted by Gasteiger charge is -2.27. The van der Waals surface area contributed by atoms with Crippen molar-refractivity contribution in [2.45, 2.75) is 67.4 Å². The summed E-state index contributed by atoms with van der Waals surface area (Å²) < 4.78 is 11.3. The van der Waals surface area contributed by atoms with Crippen LogP contribution in [0.1, 0.15) is 61.8 Å². The second kappa shape index (κ2) is 6.85. The van der Waals surface area contributed by atoms with E-state index in [2.05, 4.69) is 20.8 Å². The van der Waals surface area contributed by atoms with E-state index in [9.17, 15) is 4.79 Å². The monoisotopic (exact) mass is 272 g/mol. The molecule has 19 heavy (non-hydrogen) atoms. The molecule has 3 heteroatoms. The number of carbonyl (C=O) groups excluding carboxylic acids is 1. The van der Waals surface area contributed by atoms with E-state index < -0.39 is 5.60 Å². The van der Waals surface area contributed by atoms with Crippen LogP contribution in [0.2, 0.25) is 0 Å². The Kier molecular flexibility index (Phi) is 6.70. The summed E-state index contributed by atoms with van der Waals surface area (Å²) in [5, 5.41) is 0. The largest absolute Gasteiger partial charge is 0.378 e. The second-order valence-electron chi connectivity index (χ2n) is 8.08. The minimum absolute atomic E-state index is 0.121. The van der Waals surface area contributed by atoms with Gasteiger partial charge in [0.1, 0.15) is 6.61 Å². The van der Waals surface area contributed by atoms with Crippen molar-refractivity contribution in [3.63, 3.8) is 0 Å². The molecule has 0 N–H and O–H groups in total. The maximum absolute atomic E-state index is 11.8. The summed E-state index contributed by atoms with van der Waals surface area (Å²) in [6.45, 7) is 17.6. The molecule has 3 nitrogen and oxygen atoms in total. The molecule has 0 rings (SSSR count). The Balaban J connectivity index is 3.96. The van der Waals surface area contributed by atoms with Gasteiger partial charge in [0.2, 0.25) is 0 Å². The van der Waals surface area contributed by atoms with E-state index in [1.807, 2.05) is 34.6 Å². The molecule has 0 fully saturated rings. The molecule has 0 spiro atoms. The van der Waals surface area contributed by atoms with Gasteiger partial charge in [-0.3, -0.25) is 4.79 Å². The Labute approximate surface area is 119 Å². The highest BCUT2D eigenvalue weighted by atomic mass is 16.5. The molecule has 0 aliphatic carbocycles. The molecule has 0 aromatic carbocycles. The predicted octanol–water partition coefficient (Wildman–Crippen LogP) is 3.85. The average molecular weight is 272 g/mol. The molecule has 0 aliphatic heterocycles. The number of ether oxygens (including phenoxy) is 2. The lowest BCUT2D eigenvalue weighted by molar-refractivity contribution is -0.140. The molecule has 0 saturated carbocycles. The number of Topliss-reactive ketones (excluding diaryl/α,β-unsaturated/α-hetero) is 1. The molecule has 0 saturated heterocycles. The van der Waals surface area contributed by atoms with Gasteiger partial charge in [0.25, 0.3) is 0 Å². The quantitative estimate of drug-likeness (QED) is 0.660. The Morgan fingerprint density at radius 2 is 1.47 bits per heavy atom. The Bertz CT molecular complexity index is 279. The fourth-order valence-electron chi connectivity index (χ4n) is 1.22. The normalized spacial score (nSPS) is 13.7. The standard InChI is InChI=1S/C16H32O3/c1-14(2,3)9-10-18-12-16(7,8)19-11-13(17)15(4,5)6/h9-12H2,1-8H3. The molecule has 0 amide bonds. The summed E-state index contributed by atoms with van der Waals surface area (Å²) in [7, 11) is 0. The van der Waals surface area contributed by atoms with Crippen molar-refractivity contribution in [1.82, 2.24) is 0 Å². The summed E-state index contributed by atoms with van der Waals surface area (Å²) in [6, 6.07) is 0. The summed E-state index contributed by atoms with van der Waals surface area (Å²) in [5.74, 6) is 0.121. The Morgan fingerprint density at radius 3 is 1.89 bits per heavy atom. The van der Waals surface area contributed by atoms with Crippen molar-refractivity contribution < 1.29 is 14.3 Å². The summed E-state index contributed by atoms with van der Waals surface area (Å²) in [6.07, 6.45) is 1.02. The number of rotatable bonds is 7. The molecule has 0 aromatic heterocycles. The van der Waals surface area contributed by atoms with Crippen molar-refractivity contribution in [1.29, 1.82) is 0 Å². The van der Waals surface area contributed by atoms with E-state index in [4.69, 9.17) is 9.47 Å². The van der Waals surface area contributed by atoms with Crippen LogP contribution in [0.15, 0.2) is 0 Å². The van der Waals surface area contributed by atoms with E-state index in [0.29, 0.717) is 6.61 Å². The molecule has 0 bridgehead atoms. The third-order valence-corrected chi connectivity index (χ3v) is 2.88. The smallest absolute Gasteiger partial charge is 0.163 e. The van der Waals surface area contributed by atoms with E-state index in [1.54, 1.807) is 0 Å². The maximum Gasteiger partial charge on any atom is 0.163 e. The first-order chi connectivity index (χ1) is 8.33. The van der Waals surface area contributed by atoms with E-state index >= 15 is 0 Å². The zero-order chi connectivity index (χ0) is 15.3. The third kappa shape index (κ3) is 10.1. The Morgan fingerprint density at radius 1 is 0.947 bits per heavy atom. The van der Waals surface area contributed by atoms with Crippen molar-refractivity contribution in [3.8, 4) is 0 Å². The number of carbonyl (C=O) groups is 1. The van der Waals surface area contributed by atoms with Crippen LogP contribution in [0, 0.1) is 10.8 Å². The van der Waals surface area contributed by atoms with E-state index in [1.165, 1.54) is 0 Å². The predicted molar refractivity (Wildman–Crippen MR) is 79.4 cm³/mol. The van der Waals surface area contributed by atoms with Crippen LogP contribution in [0.3, 0.4) is 0 Å². The highest BCUT2D eigenvalue weighted by Gasteiger charge is 2.26. The molecule has 114 valence electrons. The van der Waals surface area contributed by atoms with Gasteiger partial charge >= 0.3 is 0 Å². The minimum Gasteiger partial charge on any atom is -0.378 e. The van der Waals surface area contributed by atoms with E-state index in [-0.39, 0.29) is 23.2 Å². The van der Waals surface area contributed by atoms with Crippen molar-refractivity contribution in [2.75, 3.05) is 19.8 Å². The number of hydrogen-bond acceptors (Lipinski definition) is 3. The van der Waals surface area contributed by atoms with E-state index in [0.717, 1.165) is 13.0 Å². The first-order valence-electron chi connectivity index (χ1n) is 7.08. The van der Waals surface area contributed by atoms with Crippen molar-refractivity contribution in [3.05, 3.63) is 0 Å². The molecule has 0 aliphatic rings. The van der Waals surface area contributed by atoms with Gasteiger partial charge < -0.3 is 9.47 Å². The van der Waals surface area contributed by atoms with Crippen molar-refractivity contribution in [2.24, 2.45) is 10.8 Å². The van der Waals surface area contributed by atoms with Gasteiger partial charge in [-0.15, -0.1) is 0 Å². The molecular weight excluding hydrogens is 240 g/mol. The van der Waals surface area contributed by atoms with Gasteiger partial charge in [0.15, 0.2) is 5.78 Å². The van der Waals surface area contributed by atoms with Crippen LogP contribution in [-0.2, 0) is 14.3 Å². The fourth-order valence-corrected chi connectivity index (χ4v) is 1.22. The zero-order valence-corrected chi connectivity index (χ0v) is 14.1. The third-order valence-electron chi connectivity index (χ3n) is 2.88. The van der Waals surface area contributed by atoms with Crippen LogP contribution >= 0.6 is 0 Å². The van der Waals surface area contributed by atoms with Gasteiger partial charge in [-0.2, -0.15) is 0 Å². The second-order valence-corrected chi connectivity index (χ2v) is 8.08. The topological polar surface area (TPSA) is 35.5 Å². The maximum atomic E-state index is 11.8. The minimum atomic E-state index is -0.418. The van der Waals surface area contributed by atoms with Crippen LogP contribution in [0.25, 0.3) is 0 Å². The van der Waals surface area contributed by atoms with Crippen LogP contribution < -0.4 is 0 Å². The molecular formula is C16H32O3. The average Bonchev–Trinajstić information content (AvgIpc) is 2.18. The molecule has 0 unspecified atom stereocenters. The Hall–Kier alpha value is -0.410. The first kappa shape index (κ1) is 18.6. The molecule has 0 aromatic rings. The van der Waals surface area contributed by atoms with Crippen LogP contribution in [0.5, 0.6) is 0 Å². The molecule has 0 radical (unpaired) electrons. The summed E-state index contributed by atoms with van der Waals surface area (Å²) in [4.78, 5) is 11.8. The highest BCUT2D eigenvalue weighted by Crippen LogP contribution is 2.20. The lowest BCUT2D eigenvalue weighted by Crippen LogP contribution is -2.36. The van der Waals surface area contributed by atoms with Crippen molar-refractivity contribution >= 4 is 5.78 Å². The summed E-state index contributed by atoms with van der Waals surface area (Å²) >= 11 is 0. The van der Waals surface area contributed by atoms with Gasteiger partial charge in [-0.05, 0) is 25.7 Å². The fraction of sp³-hybridized carbons (Fsp3) is 0.938. The number of hydrogen-bond donors (Lipinski definition) is 0. The highest BCUT2D eigenvalue weighted by molar-refractivity contribution is 5.84. The van der Waals surface area contributed by atoms with Crippen LogP contribution in [0.4, 0.5) is 0 Å². The summed E-state index contributed by atoms with van der Waals surface area (Å²) in [5.41, 5.74) is -0.477. The first-order valence-corrected chi connectivity index (χ1v) is 7.08. The molecule has 0 atom stereocenters. The van der Waals surface area contributed by atoms with Gasteiger partial charge in [-0.25, -0.2) is 0 Å². The number of ketones is 1. The van der Waals surface area contributed by atoms with Crippen LogP contribution in [-0.4, -0.2) is 31.2 Å². The van der Waals surface area contributed by atoms with Gasteiger partial charge in [0, 0.05) is 12.0 Å². The van der Waals surface area contributed by atoms with Gasteiger partial charge in [-0.1, -0.05) is 41.5 Å². The molecule has 0 heterocycles.